The second-order valence-electron chi connectivity index (χ2n) is 6.89. The molecule has 1 heterocycles. The van der Waals surface area contributed by atoms with Gasteiger partial charge in [0.15, 0.2) is 5.16 Å². The number of aromatic nitrogens is 2. The Kier molecular flexibility index (Phi) is 6.51. The van der Waals surface area contributed by atoms with Crippen molar-refractivity contribution in [3.8, 4) is 0 Å². The number of para-hydroxylation sites is 1. The molecule has 1 aromatic heterocycles. The molecule has 1 amide bonds. The van der Waals surface area contributed by atoms with Crippen LogP contribution in [0.5, 0.6) is 0 Å². The van der Waals surface area contributed by atoms with Crippen LogP contribution >= 0.6 is 11.8 Å². The fourth-order valence-electron chi connectivity index (χ4n) is 3.07. The zero-order valence-electron chi connectivity index (χ0n) is 16.9. The molecule has 1 unspecified atom stereocenters. The molecular formula is C21H22N4O4S. The molecule has 0 spiro atoms. The topological polar surface area (TPSA) is 107 Å². The normalized spacial score (nSPS) is 12.0. The summed E-state index contributed by atoms with van der Waals surface area (Å²) in [6.45, 7) is 5.51. The van der Waals surface area contributed by atoms with Crippen molar-refractivity contribution in [2.24, 2.45) is 0 Å². The van der Waals surface area contributed by atoms with E-state index in [1.165, 1.54) is 23.9 Å². The lowest BCUT2D eigenvalue weighted by molar-refractivity contribution is -0.385. The van der Waals surface area contributed by atoms with Crippen molar-refractivity contribution in [3.63, 3.8) is 0 Å². The number of nitrogens with one attached hydrogen (secondary N) is 1. The minimum Gasteiger partial charge on any atom is -0.325 e. The highest BCUT2D eigenvalue weighted by molar-refractivity contribution is 7.99. The molecule has 0 bridgehead atoms. The highest BCUT2D eigenvalue weighted by Crippen LogP contribution is 2.26. The Labute approximate surface area is 177 Å². The first kappa shape index (κ1) is 21.5. The molecule has 0 aliphatic heterocycles. The van der Waals surface area contributed by atoms with Gasteiger partial charge in [0.2, 0.25) is 5.91 Å². The van der Waals surface area contributed by atoms with Crippen molar-refractivity contribution in [1.29, 1.82) is 0 Å². The molecular weight excluding hydrogens is 404 g/mol. The number of benzene rings is 2. The Hall–Kier alpha value is -3.20. The van der Waals surface area contributed by atoms with Gasteiger partial charge in [-0.25, -0.2) is 4.98 Å². The fraction of sp³-hybridized carbons (Fsp3) is 0.286. The van der Waals surface area contributed by atoms with Crippen LogP contribution in [0.25, 0.3) is 10.9 Å². The first-order chi connectivity index (χ1) is 14.3. The van der Waals surface area contributed by atoms with E-state index in [2.05, 4.69) is 10.3 Å². The largest absolute Gasteiger partial charge is 0.325 e. The van der Waals surface area contributed by atoms with Gasteiger partial charge < -0.3 is 5.32 Å². The van der Waals surface area contributed by atoms with Gasteiger partial charge in [0, 0.05) is 12.1 Å². The number of nitro groups is 1. The molecule has 0 fully saturated rings. The van der Waals surface area contributed by atoms with Crippen molar-refractivity contribution in [2.75, 3.05) is 11.1 Å². The monoisotopic (exact) mass is 426 g/mol. The molecule has 0 aliphatic carbocycles. The van der Waals surface area contributed by atoms with Crippen LogP contribution in [-0.4, -0.2) is 26.1 Å². The van der Waals surface area contributed by atoms with Gasteiger partial charge in [0.05, 0.1) is 32.8 Å². The molecule has 0 radical (unpaired) electrons. The Morgan fingerprint density at radius 1 is 1.27 bits per heavy atom. The lowest BCUT2D eigenvalue weighted by Crippen LogP contribution is -2.26. The smallest absolute Gasteiger partial charge is 0.274 e. The lowest BCUT2D eigenvalue weighted by Gasteiger charge is -2.18. The number of amides is 1. The van der Waals surface area contributed by atoms with Crippen LogP contribution in [0.15, 0.2) is 52.4 Å². The number of fused-ring (bicyclic) bond motifs is 1. The van der Waals surface area contributed by atoms with Crippen molar-refractivity contribution < 1.29 is 9.72 Å². The Morgan fingerprint density at radius 3 is 2.70 bits per heavy atom. The molecule has 0 aliphatic rings. The van der Waals surface area contributed by atoms with Crippen LogP contribution < -0.4 is 10.9 Å². The quantitative estimate of drug-likeness (QED) is 0.261. The third kappa shape index (κ3) is 4.35. The van der Waals surface area contributed by atoms with E-state index < -0.39 is 4.92 Å². The fourth-order valence-corrected chi connectivity index (χ4v) is 3.97. The van der Waals surface area contributed by atoms with Gasteiger partial charge >= 0.3 is 0 Å². The minimum atomic E-state index is -0.483. The maximum Gasteiger partial charge on any atom is 0.274 e. The van der Waals surface area contributed by atoms with Gasteiger partial charge in [-0.3, -0.25) is 24.3 Å². The molecule has 3 rings (SSSR count). The number of nitrogens with zero attached hydrogens (tertiary/aromatic N) is 3. The molecule has 2 aromatic carbocycles. The molecule has 9 heteroatoms. The van der Waals surface area contributed by atoms with E-state index in [1.54, 1.807) is 35.8 Å². The molecule has 1 N–H and O–H groups in total. The molecule has 3 aromatic rings. The van der Waals surface area contributed by atoms with Gasteiger partial charge in [0.25, 0.3) is 11.2 Å². The van der Waals surface area contributed by atoms with Crippen LogP contribution in [0.2, 0.25) is 0 Å². The maximum atomic E-state index is 13.0. The van der Waals surface area contributed by atoms with Gasteiger partial charge in [-0.05, 0) is 38.5 Å². The first-order valence-electron chi connectivity index (χ1n) is 9.51. The van der Waals surface area contributed by atoms with Crippen LogP contribution in [0.1, 0.15) is 31.9 Å². The average molecular weight is 426 g/mol. The summed E-state index contributed by atoms with van der Waals surface area (Å²) in [6.07, 6.45) is 0.743. The van der Waals surface area contributed by atoms with E-state index in [4.69, 9.17) is 0 Å². The Morgan fingerprint density at radius 2 is 2.00 bits per heavy atom. The first-order valence-corrected chi connectivity index (χ1v) is 10.5. The molecule has 8 nitrogen and oxygen atoms in total. The van der Waals surface area contributed by atoms with Crippen LogP contribution in [0, 0.1) is 17.0 Å². The summed E-state index contributed by atoms with van der Waals surface area (Å²) in [5.74, 6) is -0.315. The van der Waals surface area contributed by atoms with E-state index in [0.717, 1.165) is 6.42 Å². The van der Waals surface area contributed by atoms with Gasteiger partial charge in [-0.15, -0.1) is 0 Å². The lowest BCUT2D eigenvalue weighted by atomic mass is 10.1. The third-order valence-corrected chi connectivity index (χ3v) is 5.87. The standard InChI is InChI=1S/C21H22N4O4S/c1-4-13(2)24-20(27)15-8-5-6-9-17(15)23-21(24)30-12-19(26)22-16-10-7-11-18(14(16)3)25(28)29/h5-11,13H,4,12H2,1-3H3,(H,22,26). The number of hydrogen-bond donors (Lipinski definition) is 1. The van der Waals surface area contributed by atoms with E-state index in [9.17, 15) is 19.7 Å². The SMILES string of the molecule is CCC(C)n1c(SCC(=O)Nc2cccc([N+](=O)[O-])c2C)nc2ccccc2c1=O. The summed E-state index contributed by atoms with van der Waals surface area (Å²) in [5, 5.41) is 14.8. The van der Waals surface area contributed by atoms with Gasteiger partial charge in [-0.2, -0.15) is 0 Å². The van der Waals surface area contributed by atoms with Gasteiger partial charge in [-0.1, -0.05) is 36.9 Å². The Bertz CT molecular complexity index is 1180. The summed E-state index contributed by atoms with van der Waals surface area (Å²) in [4.78, 5) is 40.7. The number of carbonyl (C=O) groups excluding carboxylic acids is 1. The predicted molar refractivity (Wildman–Crippen MR) is 118 cm³/mol. The molecule has 30 heavy (non-hydrogen) atoms. The summed E-state index contributed by atoms with van der Waals surface area (Å²) in [7, 11) is 0. The van der Waals surface area contributed by atoms with E-state index in [1.807, 2.05) is 19.9 Å². The van der Waals surface area contributed by atoms with Crippen LogP contribution in [0.4, 0.5) is 11.4 Å². The van der Waals surface area contributed by atoms with E-state index in [0.29, 0.717) is 27.3 Å². The van der Waals surface area contributed by atoms with Crippen molar-refractivity contribution in [2.45, 2.75) is 38.4 Å². The Balaban J connectivity index is 1.85. The summed E-state index contributed by atoms with van der Waals surface area (Å²) < 4.78 is 1.62. The summed E-state index contributed by atoms with van der Waals surface area (Å²) in [5.41, 5.74) is 1.18. The zero-order valence-corrected chi connectivity index (χ0v) is 17.7. The number of nitro benzene ring substituents is 1. The summed E-state index contributed by atoms with van der Waals surface area (Å²) >= 11 is 1.17. The van der Waals surface area contributed by atoms with Crippen LogP contribution in [-0.2, 0) is 4.79 Å². The zero-order chi connectivity index (χ0) is 21.8. The number of rotatable bonds is 7. The predicted octanol–water partition coefficient (Wildman–Crippen LogP) is 4.31. The van der Waals surface area contributed by atoms with Gasteiger partial charge in [0.1, 0.15) is 0 Å². The molecule has 1 atom stereocenters. The number of anilines is 1. The second-order valence-corrected chi connectivity index (χ2v) is 7.83. The van der Waals surface area contributed by atoms with Crippen LogP contribution in [0.3, 0.4) is 0 Å². The number of carbonyl (C=O) groups is 1. The van der Waals surface area contributed by atoms with E-state index in [-0.39, 0.29) is 28.9 Å². The molecule has 0 saturated carbocycles. The van der Waals surface area contributed by atoms with Crippen molar-refractivity contribution in [1.82, 2.24) is 9.55 Å². The molecule has 156 valence electrons. The maximum absolute atomic E-state index is 13.0. The number of thioether (sulfide) groups is 1. The second kappa shape index (κ2) is 9.08. The van der Waals surface area contributed by atoms with Crippen molar-refractivity contribution >= 4 is 39.9 Å². The molecule has 0 saturated heterocycles. The highest BCUT2D eigenvalue weighted by Gasteiger charge is 2.18. The van der Waals surface area contributed by atoms with Crippen molar-refractivity contribution in [3.05, 3.63) is 68.5 Å². The highest BCUT2D eigenvalue weighted by atomic mass is 32.2. The third-order valence-electron chi connectivity index (χ3n) is 4.92. The summed E-state index contributed by atoms with van der Waals surface area (Å²) in [6, 6.07) is 11.6. The minimum absolute atomic E-state index is 0.0172. The average Bonchev–Trinajstić information content (AvgIpc) is 2.73. The van der Waals surface area contributed by atoms with E-state index >= 15 is 0 Å². The number of hydrogen-bond acceptors (Lipinski definition) is 6.